The van der Waals surface area contributed by atoms with Crippen LogP contribution in [0, 0.1) is 11.3 Å². The van der Waals surface area contributed by atoms with Gasteiger partial charge < -0.3 is 14.8 Å². The first-order valence-corrected chi connectivity index (χ1v) is 8.56. The molecule has 0 saturated carbocycles. The molecule has 0 atom stereocenters. The summed E-state index contributed by atoms with van der Waals surface area (Å²) < 4.78 is 48.2. The highest BCUT2D eigenvalue weighted by atomic mass is 19.4. The number of benzene rings is 2. The van der Waals surface area contributed by atoms with Gasteiger partial charge in [0.25, 0.3) is 5.91 Å². The van der Waals surface area contributed by atoms with E-state index in [9.17, 15) is 23.2 Å². The number of carbonyl (C=O) groups is 1. The molecule has 2 aromatic carbocycles. The monoisotopic (exact) mass is 404 g/mol. The summed E-state index contributed by atoms with van der Waals surface area (Å²) >= 11 is 0. The number of hydrogen-bond acceptors (Lipinski definition) is 4. The predicted molar refractivity (Wildman–Crippen MR) is 101 cm³/mol. The summed E-state index contributed by atoms with van der Waals surface area (Å²) in [5.41, 5.74) is 0.224. The average Bonchev–Trinajstić information content (AvgIpc) is 2.71. The SMILES string of the molecule is COc1ccc(CCNC(=O)/C(C#N)=C/c2ccc(C(F)(F)F)cc2)cc1OC. The molecule has 0 fully saturated rings. The van der Waals surface area contributed by atoms with Crippen LogP contribution in [0.4, 0.5) is 13.2 Å². The Morgan fingerprint density at radius 2 is 1.76 bits per heavy atom. The molecule has 1 amide bonds. The van der Waals surface area contributed by atoms with Crippen molar-refractivity contribution < 1.29 is 27.4 Å². The lowest BCUT2D eigenvalue weighted by atomic mass is 10.1. The van der Waals surface area contributed by atoms with E-state index in [1.807, 2.05) is 6.07 Å². The van der Waals surface area contributed by atoms with Gasteiger partial charge in [0, 0.05) is 6.54 Å². The lowest BCUT2D eigenvalue weighted by Gasteiger charge is -2.10. The minimum absolute atomic E-state index is 0.197. The Morgan fingerprint density at radius 1 is 1.10 bits per heavy atom. The maximum atomic E-state index is 12.6. The first kappa shape index (κ1) is 21.8. The zero-order valence-corrected chi connectivity index (χ0v) is 15.8. The van der Waals surface area contributed by atoms with Gasteiger partial charge in [-0.05, 0) is 47.9 Å². The first-order chi connectivity index (χ1) is 13.8. The van der Waals surface area contributed by atoms with Crippen LogP contribution in [0.1, 0.15) is 16.7 Å². The molecule has 2 aromatic rings. The summed E-state index contributed by atoms with van der Waals surface area (Å²) in [6.07, 6.45) is -2.71. The van der Waals surface area contributed by atoms with Crippen molar-refractivity contribution in [1.29, 1.82) is 5.26 Å². The molecule has 5 nitrogen and oxygen atoms in total. The van der Waals surface area contributed by atoms with Crippen molar-refractivity contribution in [2.24, 2.45) is 0 Å². The Labute approximate surface area is 166 Å². The zero-order valence-electron chi connectivity index (χ0n) is 15.8. The van der Waals surface area contributed by atoms with E-state index >= 15 is 0 Å². The van der Waals surface area contributed by atoms with Gasteiger partial charge in [0.2, 0.25) is 0 Å². The van der Waals surface area contributed by atoms with Crippen LogP contribution in [0.5, 0.6) is 11.5 Å². The molecule has 0 unspecified atom stereocenters. The fraction of sp³-hybridized carbons (Fsp3) is 0.238. The molecule has 0 aliphatic rings. The molecule has 29 heavy (non-hydrogen) atoms. The number of nitrogens with one attached hydrogen (secondary N) is 1. The molecule has 0 heterocycles. The molecule has 0 aliphatic heterocycles. The summed E-state index contributed by atoms with van der Waals surface area (Å²) in [6, 6.07) is 11.3. The third-order valence-electron chi connectivity index (χ3n) is 4.06. The molecule has 0 aromatic heterocycles. The summed E-state index contributed by atoms with van der Waals surface area (Å²) in [4.78, 5) is 12.2. The molecular weight excluding hydrogens is 385 g/mol. The van der Waals surface area contributed by atoms with Crippen molar-refractivity contribution in [1.82, 2.24) is 5.32 Å². The minimum atomic E-state index is -4.44. The number of amides is 1. The van der Waals surface area contributed by atoms with Crippen LogP contribution < -0.4 is 14.8 Å². The van der Waals surface area contributed by atoms with E-state index < -0.39 is 17.6 Å². The van der Waals surface area contributed by atoms with Crippen molar-refractivity contribution >= 4 is 12.0 Å². The predicted octanol–water partition coefficient (Wildman–Crippen LogP) is 3.99. The van der Waals surface area contributed by atoms with Crippen LogP contribution in [0.2, 0.25) is 0 Å². The fourth-order valence-electron chi connectivity index (χ4n) is 2.54. The maximum Gasteiger partial charge on any atom is 0.416 e. The Morgan fingerprint density at radius 3 is 2.31 bits per heavy atom. The molecule has 8 heteroatoms. The molecule has 2 rings (SSSR count). The Kier molecular flexibility index (Phi) is 7.26. The summed E-state index contributed by atoms with van der Waals surface area (Å²) in [5.74, 6) is 0.552. The van der Waals surface area contributed by atoms with Crippen LogP contribution in [0.25, 0.3) is 6.08 Å². The van der Waals surface area contributed by atoms with Gasteiger partial charge in [-0.1, -0.05) is 18.2 Å². The Balaban J connectivity index is 2.00. The molecular formula is C21H19F3N2O3. The number of halogens is 3. The van der Waals surface area contributed by atoms with Crippen molar-refractivity contribution in [3.63, 3.8) is 0 Å². The first-order valence-electron chi connectivity index (χ1n) is 8.56. The fourth-order valence-corrected chi connectivity index (χ4v) is 2.54. The van der Waals surface area contributed by atoms with E-state index in [1.165, 1.54) is 32.4 Å². The van der Waals surface area contributed by atoms with Gasteiger partial charge >= 0.3 is 6.18 Å². The highest BCUT2D eigenvalue weighted by Crippen LogP contribution is 2.29. The minimum Gasteiger partial charge on any atom is -0.493 e. The van der Waals surface area contributed by atoms with Crippen LogP contribution >= 0.6 is 0 Å². The molecule has 0 radical (unpaired) electrons. The summed E-state index contributed by atoms with van der Waals surface area (Å²) in [6.45, 7) is 0.264. The van der Waals surface area contributed by atoms with Crippen molar-refractivity contribution in [2.75, 3.05) is 20.8 Å². The third-order valence-corrected chi connectivity index (χ3v) is 4.06. The topological polar surface area (TPSA) is 71.3 Å². The van der Waals surface area contributed by atoms with Gasteiger partial charge in [-0.3, -0.25) is 4.79 Å². The lowest BCUT2D eigenvalue weighted by Crippen LogP contribution is -2.26. The molecule has 1 N–H and O–H groups in total. The zero-order chi connectivity index (χ0) is 21.4. The van der Waals surface area contributed by atoms with Crippen LogP contribution in [-0.4, -0.2) is 26.7 Å². The van der Waals surface area contributed by atoms with Gasteiger partial charge in [0.05, 0.1) is 19.8 Å². The number of nitriles is 1. The van der Waals surface area contributed by atoms with Gasteiger partial charge in [0.1, 0.15) is 11.6 Å². The Hall–Kier alpha value is -3.47. The van der Waals surface area contributed by atoms with E-state index in [0.717, 1.165) is 17.7 Å². The second-order valence-corrected chi connectivity index (χ2v) is 5.98. The third kappa shape index (κ3) is 6.01. The number of methoxy groups -OCH3 is 2. The summed E-state index contributed by atoms with van der Waals surface area (Å²) in [7, 11) is 3.05. The standard InChI is InChI=1S/C21H19F3N2O3/c1-28-18-8-5-15(12-19(18)29-2)9-10-26-20(27)16(13-25)11-14-3-6-17(7-4-14)21(22,23)24/h3-8,11-12H,9-10H2,1-2H3,(H,26,27)/b16-11+. The van der Waals surface area contributed by atoms with E-state index in [0.29, 0.717) is 23.5 Å². The molecule has 0 bridgehead atoms. The van der Waals surface area contributed by atoms with Crippen LogP contribution in [0.3, 0.4) is 0 Å². The number of hydrogen-bond donors (Lipinski definition) is 1. The number of nitrogens with zero attached hydrogens (tertiary/aromatic N) is 1. The van der Waals surface area contributed by atoms with Gasteiger partial charge in [-0.2, -0.15) is 18.4 Å². The quantitative estimate of drug-likeness (QED) is 0.560. The number of ether oxygens (including phenoxy) is 2. The van der Waals surface area contributed by atoms with Crippen LogP contribution in [-0.2, 0) is 17.4 Å². The molecule has 0 aliphatic carbocycles. The lowest BCUT2D eigenvalue weighted by molar-refractivity contribution is -0.137. The van der Waals surface area contributed by atoms with E-state index in [2.05, 4.69) is 5.32 Å². The largest absolute Gasteiger partial charge is 0.493 e. The molecule has 0 saturated heterocycles. The average molecular weight is 404 g/mol. The number of rotatable bonds is 7. The second kappa shape index (κ2) is 9.64. The molecule has 152 valence electrons. The summed E-state index contributed by atoms with van der Waals surface area (Å²) in [5, 5.41) is 11.8. The highest BCUT2D eigenvalue weighted by Gasteiger charge is 2.29. The number of alkyl halides is 3. The van der Waals surface area contributed by atoms with E-state index in [-0.39, 0.29) is 12.1 Å². The van der Waals surface area contributed by atoms with Crippen molar-refractivity contribution in [3.8, 4) is 17.6 Å². The van der Waals surface area contributed by atoms with Crippen molar-refractivity contribution in [2.45, 2.75) is 12.6 Å². The highest BCUT2D eigenvalue weighted by molar-refractivity contribution is 6.01. The smallest absolute Gasteiger partial charge is 0.416 e. The van der Waals surface area contributed by atoms with E-state index in [1.54, 1.807) is 18.2 Å². The van der Waals surface area contributed by atoms with Crippen molar-refractivity contribution in [3.05, 3.63) is 64.7 Å². The normalized spacial score (nSPS) is 11.5. The molecule has 0 spiro atoms. The number of carbonyl (C=O) groups excluding carboxylic acids is 1. The second-order valence-electron chi connectivity index (χ2n) is 5.98. The van der Waals surface area contributed by atoms with Gasteiger partial charge in [-0.15, -0.1) is 0 Å². The van der Waals surface area contributed by atoms with Gasteiger partial charge in [0.15, 0.2) is 11.5 Å². The maximum absolute atomic E-state index is 12.6. The van der Waals surface area contributed by atoms with E-state index in [4.69, 9.17) is 9.47 Å². The van der Waals surface area contributed by atoms with Gasteiger partial charge in [-0.25, -0.2) is 0 Å². The Bertz CT molecular complexity index is 930. The van der Waals surface area contributed by atoms with Crippen LogP contribution in [0.15, 0.2) is 48.0 Å².